The van der Waals surface area contributed by atoms with Crippen molar-refractivity contribution in [1.82, 2.24) is 14.8 Å². The summed E-state index contributed by atoms with van der Waals surface area (Å²) in [6, 6.07) is 10.3. The molecule has 1 saturated carbocycles. The van der Waals surface area contributed by atoms with E-state index in [-0.39, 0.29) is 25.3 Å². The first kappa shape index (κ1) is 26.5. The Morgan fingerprint density at radius 3 is 2.26 bits per heavy atom. The number of primary amides is 1. The highest BCUT2D eigenvalue weighted by Crippen LogP contribution is 2.58. The molecule has 2 saturated heterocycles. The summed E-state index contributed by atoms with van der Waals surface area (Å²) in [7, 11) is 0. The maximum atomic E-state index is 13.2. The van der Waals surface area contributed by atoms with Gasteiger partial charge in [-0.3, -0.25) is 9.59 Å². The summed E-state index contributed by atoms with van der Waals surface area (Å²) >= 11 is 0. The summed E-state index contributed by atoms with van der Waals surface area (Å²) in [4.78, 5) is 32.3. The fourth-order valence-electron chi connectivity index (χ4n) is 5.54. The number of piperidine rings is 1. The number of ether oxygens (including phenoxy) is 1. The molecule has 2 aromatic rings. The Morgan fingerprint density at radius 2 is 1.68 bits per heavy atom. The number of carbonyl (C=O) groups is 2. The van der Waals surface area contributed by atoms with Crippen LogP contribution in [0.3, 0.4) is 0 Å². The molecule has 1 aromatic carbocycles. The van der Waals surface area contributed by atoms with E-state index in [1.54, 1.807) is 29.3 Å². The first-order chi connectivity index (χ1) is 18.1. The molecule has 3 aliphatic rings. The summed E-state index contributed by atoms with van der Waals surface area (Å²) in [5.41, 5.74) is 6.24. The minimum Gasteiger partial charge on any atom is -0.477 e. The van der Waals surface area contributed by atoms with Gasteiger partial charge in [0, 0.05) is 36.5 Å². The maximum absolute atomic E-state index is 13.2. The van der Waals surface area contributed by atoms with Gasteiger partial charge in [0.25, 0.3) is 5.91 Å². The van der Waals surface area contributed by atoms with Crippen molar-refractivity contribution in [2.24, 2.45) is 17.1 Å². The Labute approximate surface area is 220 Å². The van der Waals surface area contributed by atoms with Gasteiger partial charge < -0.3 is 20.3 Å². The maximum Gasteiger partial charge on any atom is 0.395 e. The highest BCUT2D eigenvalue weighted by Gasteiger charge is 2.63. The first-order valence-corrected chi connectivity index (χ1v) is 13.2. The van der Waals surface area contributed by atoms with Gasteiger partial charge in [0.2, 0.25) is 11.8 Å². The summed E-state index contributed by atoms with van der Waals surface area (Å²) < 4.78 is 45.6. The molecule has 204 valence electrons. The van der Waals surface area contributed by atoms with Crippen molar-refractivity contribution < 1.29 is 27.5 Å². The van der Waals surface area contributed by atoms with Crippen molar-refractivity contribution in [3.63, 3.8) is 0 Å². The van der Waals surface area contributed by atoms with E-state index in [0.29, 0.717) is 50.0 Å². The molecule has 1 atom stereocenters. The van der Waals surface area contributed by atoms with Gasteiger partial charge in [-0.05, 0) is 81.3 Å². The molecule has 0 spiro atoms. The number of hydrogen-bond donors (Lipinski definition) is 1. The van der Waals surface area contributed by atoms with Crippen LogP contribution in [-0.4, -0.2) is 71.6 Å². The number of halogens is 3. The molecule has 38 heavy (non-hydrogen) atoms. The zero-order chi connectivity index (χ0) is 26.9. The number of aromatic nitrogens is 1. The Hall–Kier alpha value is -3.14. The number of rotatable bonds is 8. The second-order valence-corrected chi connectivity index (χ2v) is 10.8. The van der Waals surface area contributed by atoms with Crippen LogP contribution in [0.5, 0.6) is 5.88 Å². The van der Waals surface area contributed by atoms with E-state index >= 15 is 0 Å². The Kier molecular flexibility index (Phi) is 7.35. The number of pyridine rings is 1. The molecular weight excluding hydrogens is 497 g/mol. The number of nitrogens with zero attached hydrogens (tertiary/aromatic N) is 3. The third kappa shape index (κ3) is 5.65. The third-order valence-electron chi connectivity index (χ3n) is 8.20. The van der Waals surface area contributed by atoms with Crippen LogP contribution in [0.1, 0.15) is 48.9 Å². The number of carbonyl (C=O) groups excluding carboxylic acids is 2. The molecule has 1 aliphatic carbocycles. The first-order valence-electron chi connectivity index (χ1n) is 13.2. The van der Waals surface area contributed by atoms with Gasteiger partial charge in [-0.15, -0.1) is 0 Å². The quantitative estimate of drug-likeness (QED) is 0.551. The average Bonchev–Trinajstić information content (AvgIpc) is 3.54. The van der Waals surface area contributed by atoms with E-state index in [0.717, 1.165) is 30.4 Å². The van der Waals surface area contributed by atoms with Gasteiger partial charge in [0.15, 0.2) is 0 Å². The van der Waals surface area contributed by atoms with Crippen molar-refractivity contribution >= 4 is 11.8 Å². The molecule has 3 heterocycles. The van der Waals surface area contributed by atoms with E-state index < -0.39 is 23.5 Å². The van der Waals surface area contributed by atoms with Crippen LogP contribution in [0.2, 0.25) is 0 Å². The minimum atomic E-state index is -4.10. The lowest BCUT2D eigenvalue weighted by atomic mass is 9.96. The molecule has 5 rings (SSSR count). The highest BCUT2D eigenvalue weighted by molar-refractivity contribution is 5.98. The second-order valence-electron chi connectivity index (χ2n) is 10.8. The van der Waals surface area contributed by atoms with E-state index in [9.17, 15) is 22.8 Å². The zero-order valence-corrected chi connectivity index (χ0v) is 21.3. The van der Waals surface area contributed by atoms with Crippen LogP contribution in [0, 0.1) is 11.3 Å². The standard InChI is InChI=1S/C28H33F3N4O3/c29-28(30,31)27(11-12-27)18-34-14-9-19(10-15-34)17-38-24-8-7-22(16-33-24)20-3-5-21(6-4-20)26(37)35-13-1-2-23(35)25(32)36/h3-8,16,19,23H,1-2,9-15,17-18H2,(H2,32,36). The summed E-state index contributed by atoms with van der Waals surface area (Å²) in [6.07, 6.45) is 1.10. The second kappa shape index (κ2) is 10.6. The van der Waals surface area contributed by atoms with Gasteiger partial charge in [0.05, 0.1) is 12.0 Å². The largest absolute Gasteiger partial charge is 0.477 e. The van der Waals surface area contributed by atoms with Crippen molar-refractivity contribution in [3.8, 4) is 17.0 Å². The lowest BCUT2D eigenvalue weighted by Gasteiger charge is -2.34. The number of likely N-dealkylation sites (tertiary alicyclic amines) is 2. The van der Waals surface area contributed by atoms with Crippen LogP contribution in [-0.2, 0) is 4.79 Å². The SMILES string of the molecule is NC(=O)C1CCCN1C(=O)c1ccc(-c2ccc(OCC3CCN(CC4(C(F)(F)F)CC4)CC3)nc2)cc1. The van der Waals surface area contributed by atoms with E-state index in [4.69, 9.17) is 10.5 Å². The number of nitrogens with two attached hydrogens (primary N) is 1. The van der Waals surface area contributed by atoms with Crippen molar-refractivity contribution in [2.75, 3.05) is 32.8 Å². The molecule has 7 nitrogen and oxygen atoms in total. The number of alkyl halides is 3. The molecule has 1 aromatic heterocycles. The Balaban J connectivity index is 1.09. The number of hydrogen-bond acceptors (Lipinski definition) is 5. The fraction of sp³-hybridized carbons (Fsp3) is 0.536. The lowest BCUT2D eigenvalue weighted by molar-refractivity contribution is -0.192. The molecule has 2 amide bonds. The zero-order valence-electron chi connectivity index (χ0n) is 21.3. The van der Waals surface area contributed by atoms with Gasteiger partial charge in [-0.2, -0.15) is 13.2 Å². The minimum absolute atomic E-state index is 0.119. The van der Waals surface area contributed by atoms with Crippen LogP contribution >= 0.6 is 0 Å². The van der Waals surface area contributed by atoms with Gasteiger partial charge >= 0.3 is 6.18 Å². The predicted molar refractivity (Wildman–Crippen MR) is 135 cm³/mol. The number of benzene rings is 1. The molecule has 1 unspecified atom stereocenters. The number of amides is 2. The summed E-state index contributed by atoms with van der Waals surface area (Å²) in [6.45, 7) is 2.46. The Bertz CT molecular complexity index is 1140. The molecule has 10 heteroatoms. The Morgan fingerprint density at radius 1 is 1.00 bits per heavy atom. The van der Waals surface area contributed by atoms with Crippen molar-refractivity contribution in [2.45, 2.75) is 50.7 Å². The van der Waals surface area contributed by atoms with Gasteiger partial charge in [-0.1, -0.05) is 12.1 Å². The van der Waals surface area contributed by atoms with Crippen molar-refractivity contribution in [3.05, 3.63) is 48.2 Å². The molecule has 2 aliphatic heterocycles. The van der Waals surface area contributed by atoms with Crippen LogP contribution in [0.4, 0.5) is 13.2 Å². The van der Waals surface area contributed by atoms with Crippen molar-refractivity contribution in [1.29, 1.82) is 0 Å². The molecule has 0 radical (unpaired) electrons. The monoisotopic (exact) mass is 530 g/mol. The van der Waals surface area contributed by atoms with E-state index in [2.05, 4.69) is 4.98 Å². The van der Waals surface area contributed by atoms with Crippen LogP contribution in [0.15, 0.2) is 42.6 Å². The van der Waals surface area contributed by atoms with Crippen LogP contribution < -0.4 is 10.5 Å². The van der Waals surface area contributed by atoms with Crippen LogP contribution in [0.25, 0.3) is 11.1 Å². The summed E-state index contributed by atoms with van der Waals surface area (Å²) in [5.74, 6) is 0.129. The molecule has 3 fully saturated rings. The average molecular weight is 531 g/mol. The highest BCUT2D eigenvalue weighted by atomic mass is 19.4. The topological polar surface area (TPSA) is 88.8 Å². The van der Waals surface area contributed by atoms with Gasteiger partial charge in [-0.25, -0.2) is 4.98 Å². The normalized spacial score (nSPS) is 21.9. The predicted octanol–water partition coefficient (Wildman–Crippen LogP) is 4.27. The third-order valence-corrected chi connectivity index (χ3v) is 8.20. The summed E-state index contributed by atoms with van der Waals surface area (Å²) in [5, 5.41) is 0. The van der Waals surface area contributed by atoms with E-state index in [1.807, 2.05) is 23.1 Å². The smallest absolute Gasteiger partial charge is 0.395 e. The van der Waals surface area contributed by atoms with E-state index in [1.165, 1.54) is 0 Å². The molecule has 2 N–H and O–H groups in total. The van der Waals surface area contributed by atoms with Gasteiger partial charge in [0.1, 0.15) is 6.04 Å². The molecule has 0 bridgehead atoms. The lowest BCUT2D eigenvalue weighted by Crippen LogP contribution is -2.43. The fourth-order valence-corrected chi connectivity index (χ4v) is 5.54. The molecular formula is C28H33F3N4O3.